The van der Waals surface area contributed by atoms with E-state index in [1.54, 1.807) is 0 Å². The van der Waals surface area contributed by atoms with Crippen molar-refractivity contribution in [3.05, 3.63) is 40.8 Å². The van der Waals surface area contributed by atoms with Gasteiger partial charge in [-0.2, -0.15) is 9.36 Å². The Balaban J connectivity index is 1.91. The Morgan fingerprint density at radius 1 is 1.21 bits per heavy atom. The van der Waals surface area contributed by atoms with E-state index < -0.39 is 0 Å². The van der Waals surface area contributed by atoms with Gasteiger partial charge in [0, 0.05) is 10.4 Å². The molecule has 2 heterocycles. The molecular formula is C14H13N3OS. The topological polar surface area (TPSA) is 51.8 Å². The molecule has 3 rings (SSSR count). The van der Waals surface area contributed by atoms with Crippen LogP contribution in [0.2, 0.25) is 0 Å². The van der Waals surface area contributed by atoms with Gasteiger partial charge in [-0.25, -0.2) is 0 Å². The zero-order valence-electron chi connectivity index (χ0n) is 10.8. The summed E-state index contributed by atoms with van der Waals surface area (Å²) >= 11 is 1.43. The van der Waals surface area contributed by atoms with Crippen molar-refractivity contribution < 1.29 is 4.52 Å². The standard InChI is InChI=1S/C14H13N3OS/c1-3-10-4-6-11(7-5-10)13-15-14(18-16-13)12-8-9(2)19-17-12/h4-8H,3H2,1-2H3. The molecule has 0 aliphatic carbocycles. The van der Waals surface area contributed by atoms with Crippen LogP contribution >= 0.6 is 11.5 Å². The van der Waals surface area contributed by atoms with Crippen molar-refractivity contribution in [3.8, 4) is 23.0 Å². The van der Waals surface area contributed by atoms with Crippen LogP contribution < -0.4 is 0 Å². The third-order valence-corrected chi connectivity index (χ3v) is 3.59. The maximum absolute atomic E-state index is 5.26. The SMILES string of the molecule is CCc1ccc(-c2noc(-c3cc(C)sn3)n2)cc1. The Morgan fingerprint density at radius 3 is 2.63 bits per heavy atom. The summed E-state index contributed by atoms with van der Waals surface area (Å²) in [7, 11) is 0. The van der Waals surface area contributed by atoms with Gasteiger partial charge in [0.05, 0.1) is 0 Å². The summed E-state index contributed by atoms with van der Waals surface area (Å²) in [5, 5.41) is 4.01. The number of hydrogen-bond donors (Lipinski definition) is 0. The number of hydrogen-bond acceptors (Lipinski definition) is 5. The highest BCUT2D eigenvalue weighted by molar-refractivity contribution is 7.05. The molecule has 0 aliphatic heterocycles. The smallest absolute Gasteiger partial charge is 0.277 e. The first-order valence-corrected chi connectivity index (χ1v) is 6.90. The number of aromatic nitrogens is 3. The quantitative estimate of drug-likeness (QED) is 0.728. The molecule has 1 aromatic carbocycles. The molecule has 19 heavy (non-hydrogen) atoms. The van der Waals surface area contributed by atoms with Crippen LogP contribution in [0.5, 0.6) is 0 Å². The molecule has 96 valence electrons. The minimum atomic E-state index is 0.471. The lowest BCUT2D eigenvalue weighted by Gasteiger charge is -1.97. The zero-order chi connectivity index (χ0) is 13.2. The summed E-state index contributed by atoms with van der Waals surface area (Å²) in [4.78, 5) is 5.51. The first-order chi connectivity index (χ1) is 9.26. The second-order valence-electron chi connectivity index (χ2n) is 4.30. The summed E-state index contributed by atoms with van der Waals surface area (Å²) in [6, 6.07) is 10.1. The summed E-state index contributed by atoms with van der Waals surface area (Å²) in [6.45, 7) is 4.13. The van der Waals surface area contributed by atoms with Gasteiger partial charge >= 0.3 is 0 Å². The highest BCUT2D eigenvalue weighted by atomic mass is 32.1. The van der Waals surface area contributed by atoms with Crippen molar-refractivity contribution in [1.29, 1.82) is 0 Å². The van der Waals surface area contributed by atoms with E-state index >= 15 is 0 Å². The molecule has 0 N–H and O–H groups in total. The molecule has 0 amide bonds. The fraction of sp³-hybridized carbons (Fsp3) is 0.214. The van der Waals surface area contributed by atoms with Gasteiger partial charge in [-0.1, -0.05) is 36.3 Å². The molecule has 0 radical (unpaired) electrons. The molecule has 0 bridgehead atoms. The van der Waals surface area contributed by atoms with E-state index in [4.69, 9.17) is 4.52 Å². The van der Waals surface area contributed by atoms with Crippen LogP contribution in [0.1, 0.15) is 17.4 Å². The molecule has 0 saturated carbocycles. The normalized spacial score (nSPS) is 10.8. The summed E-state index contributed by atoms with van der Waals surface area (Å²) in [5.74, 6) is 1.07. The third-order valence-electron chi connectivity index (χ3n) is 2.89. The monoisotopic (exact) mass is 271 g/mol. The van der Waals surface area contributed by atoms with Gasteiger partial charge in [0.2, 0.25) is 5.82 Å². The maximum Gasteiger partial charge on any atom is 0.277 e. The molecule has 0 unspecified atom stereocenters. The van der Waals surface area contributed by atoms with Crippen molar-refractivity contribution in [1.82, 2.24) is 14.5 Å². The Bertz CT molecular complexity index is 685. The Kier molecular flexibility index (Phi) is 3.13. The minimum absolute atomic E-state index is 0.471. The lowest BCUT2D eigenvalue weighted by atomic mass is 10.1. The predicted molar refractivity (Wildman–Crippen MR) is 75.0 cm³/mol. The molecule has 2 aromatic heterocycles. The molecule has 0 atom stereocenters. The van der Waals surface area contributed by atoms with E-state index in [2.05, 4.69) is 33.6 Å². The van der Waals surface area contributed by atoms with Crippen molar-refractivity contribution in [2.75, 3.05) is 0 Å². The molecule has 3 aromatic rings. The summed E-state index contributed by atoms with van der Waals surface area (Å²) < 4.78 is 9.52. The van der Waals surface area contributed by atoms with E-state index in [9.17, 15) is 0 Å². The van der Waals surface area contributed by atoms with E-state index in [0.717, 1.165) is 22.6 Å². The van der Waals surface area contributed by atoms with Crippen molar-refractivity contribution in [3.63, 3.8) is 0 Å². The highest BCUT2D eigenvalue weighted by Gasteiger charge is 2.12. The predicted octanol–water partition coefficient (Wildman–Crippen LogP) is 3.73. The van der Waals surface area contributed by atoms with Gasteiger partial charge in [0.1, 0.15) is 5.69 Å². The van der Waals surface area contributed by atoms with Crippen LogP contribution in [-0.4, -0.2) is 14.5 Å². The minimum Gasteiger partial charge on any atom is -0.332 e. The summed E-state index contributed by atoms with van der Waals surface area (Å²) in [6.07, 6.45) is 1.02. The average Bonchev–Trinajstić information content (AvgIpc) is 3.07. The van der Waals surface area contributed by atoms with Gasteiger partial charge in [-0.05, 0) is 36.5 Å². The molecule has 5 heteroatoms. The van der Waals surface area contributed by atoms with Crippen LogP contribution in [0.4, 0.5) is 0 Å². The van der Waals surface area contributed by atoms with Gasteiger partial charge in [0.15, 0.2) is 0 Å². The Labute approximate surface area is 115 Å². The van der Waals surface area contributed by atoms with Gasteiger partial charge < -0.3 is 4.52 Å². The largest absolute Gasteiger partial charge is 0.332 e. The Morgan fingerprint density at radius 2 is 2.00 bits per heavy atom. The molecule has 0 aliphatic rings. The number of rotatable bonds is 3. The van der Waals surface area contributed by atoms with Crippen molar-refractivity contribution in [2.24, 2.45) is 0 Å². The number of aryl methyl sites for hydroxylation is 2. The molecule has 0 spiro atoms. The fourth-order valence-corrected chi connectivity index (χ4v) is 2.34. The molecule has 4 nitrogen and oxygen atoms in total. The molecule has 0 fully saturated rings. The lowest BCUT2D eigenvalue weighted by molar-refractivity contribution is 0.431. The average molecular weight is 271 g/mol. The Hall–Kier alpha value is -2.01. The highest BCUT2D eigenvalue weighted by Crippen LogP contribution is 2.23. The van der Waals surface area contributed by atoms with Crippen molar-refractivity contribution in [2.45, 2.75) is 20.3 Å². The number of benzene rings is 1. The molecule has 0 saturated heterocycles. The summed E-state index contributed by atoms with van der Waals surface area (Å²) in [5.41, 5.74) is 2.99. The van der Waals surface area contributed by atoms with E-state index in [0.29, 0.717) is 11.7 Å². The fourth-order valence-electron chi connectivity index (χ4n) is 1.80. The van der Waals surface area contributed by atoms with Gasteiger partial charge in [0.25, 0.3) is 5.89 Å². The van der Waals surface area contributed by atoms with Crippen LogP contribution in [-0.2, 0) is 6.42 Å². The second-order valence-corrected chi connectivity index (χ2v) is 5.31. The van der Waals surface area contributed by atoms with E-state index in [1.165, 1.54) is 17.1 Å². The van der Waals surface area contributed by atoms with E-state index in [-0.39, 0.29) is 0 Å². The number of nitrogens with zero attached hydrogens (tertiary/aromatic N) is 3. The van der Waals surface area contributed by atoms with Crippen LogP contribution in [0, 0.1) is 6.92 Å². The zero-order valence-corrected chi connectivity index (χ0v) is 11.6. The van der Waals surface area contributed by atoms with Crippen LogP contribution in [0.25, 0.3) is 23.0 Å². The first kappa shape index (κ1) is 12.0. The maximum atomic E-state index is 5.26. The van der Waals surface area contributed by atoms with Gasteiger partial charge in [-0.3, -0.25) is 0 Å². The van der Waals surface area contributed by atoms with Crippen LogP contribution in [0.3, 0.4) is 0 Å². The van der Waals surface area contributed by atoms with Gasteiger partial charge in [-0.15, -0.1) is 0 Å². The third kappa shape index (κ3) is 2.42. The first-order valence-electron chi connectivity index (χ1n) is 6.13. The van der Waals surface area contributed by atoms with E-state index in [1.807, 2.05) is 25.1 Å². The lowest BCUT2D eigenvalue weighted by Crippen LogP contribution is -1.83. The van der Waals surface area contributed by atoms with Crippen molar-refractivity contribution >= 4 is 11.5 Å². The second kappa shape index (κ2) is 4.93. The molecular weight excluding hydrogens is 258 g/mol. The van der Waals surface area contributed by atoms with Crippen LogP contribution in [0.15, 0.2) is 34.9 Å².